The van der Waals surface area contributed by atoms with E-state index in [1.54, 1.807) is 0 Å². The van der Waals surface area contributed by atoms with E-state index in [1.807, 2.05) is 14.0 Å². The summed E-state index contributed by atoms with van der Waals surface area (Å²) < 4.78 is 5.35. The van der Waals surface area contributed by atoms with Crippen LogP contribution in [-0.2, 0) is 4.74 Å². The van der Waals surface area contributed by atoms with Gasteiger partial charge in [-0.2, -0.15) is 7.05 Å². The van der Waals surface area contributed by atoms with Crippen molar-refractivity contribution in [3.05, 3.63) is 5.32 Å². The SMILES string of the molecule is CCOCC1(C[N-]C)CC1. The molecule has 0 N–H and O–H groups in total. The van der Waals surface area contributed by atoms with Crippen molar-refractivity contribution in [2.75, 3.05) is 26.8 Å². The second-order valence-corrected chi connectivity index (χ2v) is 3.11. The number of hydrogen-bond acceptors (Lipinski definition) is 1. The van der Waals surface area contributed by atoms with Crippen LogP contribution in [0.3, 0.4) is 0 Å². The number of hydrogen-bond donors (Lipinski definition) is 0. The van der Waals surface area contributed by atoms with Gasteiger partial charge in [0.1, 0.15) is 0 Å². The first kappa shape index (κ1) is 8.02. The van der Waals surface area contributed by atoms with Gasteiger partial charge in [-0.3, -0.25) is 0 Å². The lowest BCUT2D eigenvalue weighted by Gasteiger charge is -2.21. The van der Waals surface area contributed by atoms with Gasteiger partial charge in [-0.25, -0.2) is 0 Å². The predicted molar refractivity (Wildman–Crippen MR) is 42.3 cm³/mol. The zero-order chi connectivity index (χ0) is 7.45. The molecule has 2 nitrogen and oxygen atoms in total. The Morgan fingerprint density at radius 2 is 2.20 bits per heavy atom. The molecule has 0 heterocycles. The average molecular weight is 142 g/mol. The molecule has 60 valence electrons. The second-order valence-electron chi connectivity index (χ2n) is 3.11. The molecule has 10 heavy (non-hydrogen) atoms. The Morgan fingerprint density at radius 3 is 2.60 bits per heavy atom. The van der Waals surface area contributed by atoms with Crippen molar-refractivity contribution >= 4 is 0 Å². The molecule has 1 saturated carbocycles. The molecule has 0 amide bonds. The van der Waals surface area contributed by atoms with Crippen LogP contribution in [0.15, 0.2) is 0 Å². The minimum atomic E-state index is 0.463. The van der Waals surface area contributed by atoms with E-state index in [-0.39, 0.29) is 0 Å². The minimum Gasteiger partial charge on any atom is -0.664 e. The van der Waals surface area contributed by atoms with Gasteiger partial charge in [0.25, 0.3) is 0 Å². The Bertz CT molecular complexity index is 99.4. The quantitative estimate of drug-likeness (QED) is 0.574. The summed E-state index contributed by atoms with van der Waals surface area (Å²) in [5.74, 6) is 0. The summed E-state index contributed by atoms with van der Waals surface area (Å²) in [7, 11) is 1.88. The third-order valence-corrected chi connectivity index (χ3v) is 2.06. The van der Waals surface area contributed by atoms with E-state index in [9.17, 15) is 0 Å². The monoisotopic (exact) mass is 142 g/mol. The van der Waals surface area contributed by atoms with Gasteiger partial charge in [0.2, 0.25) is 0 Å². The van der Waals surface area contributed by atoms with Crippen LogP contribution in [0.1, 0.15) is 19.8 Å². The van der Waals surface area contributed by atoms with Gasteiger partial charge in [0.05, 0.1) is 6.61 Å². The molecule has 0 bridgehead atoms. The molecule has 0 aromatic heterocycles. The van der Waals surface area contributed by atoms with Crippen LogP contribution >= 0.6 is 0 Å². The fraction of sp³-hybridized carbons (Fsp3) is 1.00. The van der Waals surface area contributed by atoms with E-state index < -0.39 is 0 Å². The summed E-state index contributed by atoms with van der Waals surface area (Å²) in [5.41, 5.74) is 0.463. The summed E-state index contributed by atoms with van der Waals surface area (Å²) in [5, 5.41) is 4.14. The maximum absolute atomic E-state index is 5.35. The third kappa shape index (κ3) is 1.96. The van der Waals surface area contributed by atoms with E-state index in [0.29, 0.717) is 5.41 Å². The Labute approximate surface area is 63.0 Å². The highest BCUT2D eigenvalue weighted by atomic mass is 16.5. The highest BCUT2D eigenvalue weighted by molar-refractivity contribution is 5.00. The fourth-order valence-corrected chi connectivity index (χ4v) is 1.18. The Kier molecular flexibility index (Phi) is 2.69. The summed E-state index contributed by atoms with van der Waals surface area (Å²) in [6, 6.07) is 0. The van der Waals surface area contributed by atoms with E-state index >= 15 is 0 Å². The van der Waals surface area contributed by atoms with Crippen LogP contribution in [-0.4, -0.2) is 26.8 Å². The second kappa shape index (κ2) is 3.35. The number of rotatable bonds is 5. The molecule has 1 aliphatic rings. The van der Waals surface area contributed by atoms with E-state index in [2.05, 4.69) is 5.32 Å². The third-order valence-electron chi connectivity index (χ3n) is 2.06. The lowest BCUT2D eigenvalue weighted by Crippen LogP contribution is -2.14. The van der Waals surface area contributed by atoms with E-state index in [0.717, 1.165) is 19.8 Å². The molecular weight excluding hydrogens is 126 g/mol. The Balaban J connectivity index is 2.11. The van der Waals surface area contributed by atoms with Gasteiger partial charge in [-0.1, -0.05) is 0 Å². The molecular formula is C8H16NO-. The maximum atomic E-state index is 5.35. The van der Waals surface area contributed by atoms with Crippen LogP contribution < -0.4 is 0 Å². The van der Waals surface area contributed by atoms with Crippen LogP contribution in [0, 0.1) is 5.41 Å². The summed E-state index contributed by atoms with van der Waals surface area (Å²) in [4.78, 5) is 0. The molecule has 0 unspecified atom stereocenters. The van der Waals surface area contributed by atoms with Crippen molar-refractivity contribution in [1.82, 2.24) is 0 Å². The highest BCUT2D eigenvalue weighted by Gasteiger charge is 2.38. The maximum Gasteiger partial charge on any atom is 0.0505 e. The zero-order valence-corrected chi connectivity index (χ0v) is 6.89. The molecule has 0 radical (unpaired) electrons. The molecule has 0 saturated heterocycles. The van der Waals surface area contributed by atoms with Crippen molar-refractivity contribution in [2.45, 2.75) is 19.8 Å². The molecule has 0 spiro atoms. The van der Waals surface area contributed by atoms with Gasteiger partial charge in [-0.05, 0) is 25.2 Å². The lowest BCUT2D eigenvalue weighted by atomic mass is 10.1. The van der Waals surface area contributed by atoms with Crippen LogP contribution in [0.4, 0.5) is 0 Å². The van der Waals surface area contributed by atoms with Gasteiger partial charge in [0.15, 0.2) is 0 Å². The summed E-state index contributed by atoms with van der Waals surface area (Å²) in [6.45, 7) is 4.79. The molecule has 2 heteroatoms. The molecule has 1 rings (SSSR count). The lowest BCUT2D eigenvalue weighted by molar-refractivity contribution is 0.106. The van der Waals surface area contributed by atoms with Gasteiger partial charge >= 0.3 is 0 Å². The topological polar surface area (TPSA) is 23.3 Å². The van der Waals surface area contributed by atoms with Gasteiger partial charge in [-0.15, -0.1) is 6.54 Å². The highest BCUT2D eigenvalue weighted by Crippen LogP contribution is 2.46. The molecule has 0 aromatic carbocycles. The predicted octanol–water partition coefficient (Wildman–Crippen LogP) is 1.81. The molecule has 1 aliphatic carbocycles. The number of nitrogens with zero attached hydrogens (tertiary/aromatic N) is 1. The van der Waals surface area contributed by atoms with E-state index in [4.69, 9.17) is 4.74 Å². The minimum absolute atomic E-state index is 0.463. The zero-order valence-electron chi connectivity index (χ0n) is 6.89. The van der Waals surface area contributed by atoms with Crippen molar-refractivity contribution in [3.8, 4) is 0 Å². The van der Waals surface area contributed by atoms with Gasteiger partial charge in [0, 0.05) is 6.61 Å². The smallest absolute Gasteiger partial charge is 0.0505 e. The molecule has 0 atom stereocenters. The van der Waals surface area contributed by atoms with Crippen LogP contribution in [0.25, 0.3) is 5.32 Å². The first-order valence-corrected chi connectivity index (χ1v) is 3.96. The fourth-order valence-electron chi connectivity index (χ4n) is 1.18. The van der Waals surface area contributed by atoms with Crippen molar-refractivity contribution in [1.29, 1.82) is 0 Å². The Morgan fingerprint density at radius 1 is 1.50 bits per heavy atom. The summed E-state index contributed by atoms with van der Waals surface area (Å²) in [6.07, 6.45) is 2.62. The van der Waals surface area contributed by atoms with Crippen molar-refractivity contribution in [3.63, 3.8) is 0 Å². The van der Waals surface area contributed by atoms with E-state index in [1.165, 1.54) is 12.8 Å². The van der Waals surface area contributed by atoms with Crippen LogP contribution in [0.2, 0.25) is 0 Å². The largest absolute Gasteiger partial charge is 0.664 e. The van der Waals surface area contributed by atoms with Gasteiger partial charge < -0.3 is 10.1 Å². The average Bonchev–Trinajstić information content (AvgIpc) is 2.67. The first-order chi connectivity index (χ1) is 4.83. The van der Waals surface area contributed by atoms with Crippen molar-refractivity contribution in [2.24, 2.45) is 5.41 Å². The standard InChI is InChI=1S/C8H16NO/c1-3-10-7-8(4-5-8)6-9-2/h3-7H2,1-2H3/q-1. The van der Waals surface area contributed by atoms with Crippen molar-refractivity contribution < 1.29 is 4.74 Å². The molecule has 0 aromatic rings. The normalized spacial score (nSPS) is 21.0. The summed E-state index contributed by atoms with van der Waals surface area (Å²) >= 11 is 0. The van der Waals surface area contributed by atoms with Crippen LogP contribution in [0.5, 0.6) is 0 Å². The molecule has 1 fully saturated rings. The first-order valence-electron chi connectivity index (χ1n) is 3.96. The molecule has 0 aliphatic heterocycles. The number of ether oxygens (including phenoxy) is 1. The Hall–Kier alpha value is -0.0800.